The standard InChI is InChI=1S/C26H21F2N7O3/c1-15-30-24-23(25(37)35(26(38)33(24)2)13-17-6-3-4-11-29-17)34(15)14-22(36)32-21-8-5-7-20(31-21)16-9-10-18(27)19(28)12-16/h3-12H,13-14H2,1-2H3,(H,31,32,36). The number of hydrogen-bond acceptors (Lipinski definition) is 6. The molecule has 0 spiro atoms. The van der Waals surface area contributed by atoms with Crippen LogP contribution in [0.2, 0.25) is 0 Å². The SMILES string of the molecule is Cc1nc2c(c(=O)n(Cc3ccccn3)c(=O)n2C)n1CC(=O)Nc1cccc(-c2ccc(F)c(F)c2)n1. The smallest absolute Gasteiger partial charge is 0.313 e. The highest BCUT2D eigenvalue weighted by Gasteiger charge is 2.20. The third kappa shape index (κ3) is 4.59. The van der Waals surface area contributed by atoms with Gasteiger partial charge in [-0.25, -0.2) is 23.5 Å². The molecule has 4 heterocycles. The molecule has 0 saturated heterocycles. The average Bonchev–Trinajstić information content (AvgIpc) is 3.23. The van der Waals surface area contributed by atoms with Crippen LogP contribution in [-0.2, 0) is 24.9 Å². The maximum Gasteiger partial charge on any atom is 0.332 e. The molecule has 0 bridgehead atoms. The molecule has 0 saturated carbocycles. The molecule has 5 aromatic rings. The number of nitrogens with zero attached hydrogens (tertiary/aromatic N) is 6. The first-order valence-electron chi connectivity index (χ1n) is 11.5. The number of benzene rings is 1. The Morgan fingerprint density at radius 3 is 2.53 bits per heavy atom. The fourth-order valence-corrected chi connectivity index (χ4v) is 4.11. The number of carbonyl (C=O) groups is 1. The molecule has 10 nitrogen and oxygen atoms in total. The first kappa shape index (κ1) is 24.7. The molecule has 4 aromatic heterocycles. The van der Waals surface area contributed by atoms with Crippen molar-refractivity contribution in [2.45, 2.75) is 20.0 Å². The van der Waals surface area contributed by atoms with Gasteiger partial charge in [-0.15, -0.1) is 0 Å². The minimum absolute atomic E-state index is 0.0423. The molecule has 0 aliphatic rings. The van der Waals surface area contributed by atoms with Crippen LogP contribution in [0.4, 0.5) is 14.6 Å². The number of hydrogen-bond donors (Lipinski definition) is 1. The fraction of sp³-hybridized carbons (Fsp3) is 0.154. The summed E-state index contributed by atoms with van der Waals surface area (Å²) in [5, 5.41) is 2.65. The zero-order valence-corrected chi connectivity index (χ0v) is 20.4. The fourth-order valence-electron chi connectivity index (χ4n) is 4.11. The Morgan fingerprint density at radius 1 is 0.974 bits per heavy atom. The van der Waals surface area contributed by atoms with Crippen LogP contribution in [0.3, 0.4) is 0 Å². The number of fused-ring (bicyclic) bond motifs is 1. The van der Waals surface area contributed by atoms with Crippen LogP contribution < -0.4 is 16.6 Å². The van der Waals surface area contributed by atoms with Gasteiger partial charge in [-0.1, -0.05) is 12.1 Å². The molecule has 0 unspecified atom stereocenters. The van der Waals surface area contributed by atoms with Gasteiger partial charge in [0.1, 0.15) is 18.2 Å². The van der Waals surface area contributed by atoms with Gasteiger partial charge in [0.15, 0.2) is 22.8 Å². The van der Waals surface area contributed by atoms with E-state index in [-0.39, 0.29) is 30.1 Å². The molecule has 1 amide bonds. The highest BCUT2D eigenvalue weighted by atomic mass is 19.2. The van der Waals surface area contributed by atoms with Gasteiger partial charge in [-0.3, -0.25) is 23.7 Å². The molecule has 0 atom stereocenters. The van der Waals surface area contributed by atoms with E-state index in [0.29, 0.717) is 22.8 Å². The molecule has 0 aliphatic carbocycles. The van der Waals surface area contributed by atoms with Gasteiger partial charge in [-0.2, -0.15) is 0 Å². The van der Waals surface area contributed by atoms with Gasteiger partial charge in [0.25, 0.3) is 5.56 Å². The van der Waals surface area contributed by atoms with Gasteiger partial charge in [0.05, 0.1) is 17.9 Å². The van der Waals surface area contributed by atoms with Crippen LogP contribution in [0.25, 0.3) is 22.4 Å². The number of anilines is 1. The predicted octanol–water partition coefficient (Wildman–Crippen LogP) is 2.63. The van der Waals surface area contributed by atoms with Crippen LogP contribution in [0, 0.1) is 18.6 Å². The quantitative estimate of drug-likeness (QED) is 0.370. The van der Waals surface area contributed by atoms with E-state index in [2.05, 4.69) is 20.3 Å². The lowest BCUT2D eigenvalue weighted by Gasteiger charge is -2.11. The number of pyridine rings is 2. The monoisotopic (exact) mass is 517 g/mol. The van der Waals surface area contributed by atoms with Crippen LogP contribution >= 0.6 is 0 Å². The third-order valence-electron chi connectivity index (χ3n) is 6.00. The van der Waals surface area contributed by atoms with E-state index < -0.39 is 28.8 Å². The maximum atomic E-state index is 13.7. The molecular weight excluding hydrogens is 496 g/mol. The van der Waals surface area contributed by atoms with Crippen molar-refractivity contribution >= 4 is 22.9 Å². The van der Waals surface area contributed by atoms with E-state index >= 15 is 0 Å². The highest BCUT2D eigenvalue weighted by molar-refractivity contribution is 5.91. The van der Waals surface area contributed by atoms with Crippen LogP contribution in [0.15, 0.2) is 70.4 Å². The molecule has 0 aliphatic heterocycles. The summed E-state index contributed by atoms with van der Waals surface area (Å²) in [6.07, 6.45) is 1.57. The zero-order chi connectivity index (χ0) is 27.0. The lowest BCUT2D eigenvalue weighted by Crippen LogP contribution is -2.40. The summed E-state index contributed by atoms with van der Waals surface area (Å²) in [4.78, 5) is 52.1. The van der Waals surface area contributed by atoms with Crippen LogP contribution in [0.1, 0.15) is 11.5 Å². The number of carbonyl (C=O) groups excluding carboxylic acids is 1. The van der Waals surface area contributed by atoms with E-state index in [1.807, 2.05) is 0 Å². The second-order valence-corrected chi connectivity index (χ2v) is 8.56. The molecule has 5 rings (SSSR count). The van der Waals surface area contributed by atoms with E-state index in [1.54, 1.807) is 49.5 Å². The van der Waals surface area contributed by atoms with Crippen molar-refractivity contribution < 1.29 is 13.6 Å². The molecule has 0 radical (unpaired) electrons. The van der Waals surface area contributed by atoms with E-state index in [0.717, 1.165) is 16.7 Å². The third-order valence-corrected chi connectivity index (χ3v) is 6.00. The number of halogens is 2. The molecule has 0 fully saturated rings. The summed E-state index contributed by atoms with van der Waals surface area (Å²) in [5.74, 6) is -1.95. The first-order chi connectivity index (χ1) is 18.2. The number of nitrogens with one attached hydrogen (secondary N) is 1. The Bertz CT molecular complexity index is 1810. The second-order valence-electron chi connectivity index (χ2n) is 8.56. The Balaban J connectivity index is 1.46. The zero-order valence-electron chi connectivity index (χ0n) is 20.4. The van der Waals surface area contributed by atoms with Crippen LogP contribution in [0.5, 0.6) is 0 Å². The average molecular weight is 517 g/mol. The number of amides is 1. The van der Waals surface area contributed by atoms with Crippen molar-refractivity contribution in [1.82, 2.24) is 28.7 Å². The van der Waals surface area contributed by atoms with Gasteiger partial charge < -0.3 is 9.88 Å². The summed E-state index contributed by atoms with van der Waals surface area (Å²) in [6, 6.07) is 13.3. The summed E-state index contributed by atoms with van der Waals surface area (Å²) < 4.78 is 30.7. The summed E-state index contributed by atoms with van der Waals surface area (Å²) in [5.41, 5.74) is 0.295. The number of imidazole rings is 1. The minimum atomic E-state index is -1.01. The number of aryl methyl sites for hydroxylation is 2. The Morgan fingerprint density at radius 2 is 1.79 bits per heavy atom. The van der Waals surface area contributed by atoms with Crippen molar-refractivity contribution in [3.05, 3.63) is 105 Å². The maximum absolute atomic E-state index is 13.7. The van der Waals surface area contributed by atoms with Crippen LogP contribution in [-0.4, -0.2) is 34.6 Å². The Kier molecular flexibility index (Phi) is 6.37. The van der Waals surface area contributed by atoms with Crippen molar-refractivity contribution in [1.29, 1.82) is 0 Å². The van der Waals surface area contributed by atoms with Crippen molar-refractivity contribution in [2.24, 2.45) is 7.05 Å². The number of rotatable bonds is 6. The topological polar surface area (TPSA) is 117 Å². The largest absolute Gasteiger partial charge is 0.332 e. The molecule has 1 aromatic carbocycles. The highest BCUT2D eigenvalue weighted by Crippen LogP contribution is 2.21. The molecular formula is C26H21F2N7O3. The van der Waals surface area contributed by atoms with E-state index in [4.69, 9.17) is 0 Å². The Labute approximate surface area is 213 Å². The lowest BCUT2D eigenvalue weighted by molar-refractivity contribution is -0.116. The van der Waals surface area contributed by atoms with Gasteiger partial charge >= 0.3 is 5.69 Å². The first-order valence-corrected chi connectivity index (χ1v) is 11.5. The number of aromatic nitrogens is 6. The van der Waals surface area contributed by atoms with Crippen molar-refractivity contribution in [3.63, 3.8) is 0 Å². The van der Waals surface area contributed by atoms with Gasteiger partial charge in [0, 0.05) is 18.8 Å². The molecule has 192 valence electrons. The predicted molar refractivity (Wildman–Crippen MR) is 136 cm³/mol. The summed E-state index contributed by atoms with van der Waals surface area (Å²) in [7, 11) is 1.50. The summed E-state index contributed by atoms with van der Waals surface area (Å²) in [6.45, 7) is 1.30. The van der Waals surface area contributed by atoms with Gasteiger partial charge in [0.2, 0.25) is 5.91 Å². The van der Waals surface area contributed by atoms with Gasteiger partial charge in [-0.05, 0) is 49.4 Å². The molecule has 1 N–H and O–H groups in total. The molecule has 38 heavy (non-hydrogen) atoms. The lowest BCUT2D eigenvalue weighted by atomic mass is 10.1. The minimum Gasteiger partial charge on any atom is -0.313 e. The van der Waals surface area contributed by atoms with Crippen molar-refractivity contribution in [2.75, 3.05) is 5.32 Å². The van der Waals surface area contributed by atoms with E-state index in [1.165, 1.54) is 22.2 Å². The normalized spacial score (nSPS) is 11.2. The summed E-state index contributed by atoms with van der Waals surface area (Å²) >= 11 is 0. The van der Waals surface area contributed by atoms with E-state index in [9.17, 15) is 23.2 Å². The van der Waals surface area contributed by atoms with Crippen molar-refractivity contribution in [3.8, 4) is 11.3 Å². The molecule has 12 heteroatoms. The second kappa shape index (κ2) is 9.81. The Hall–Kier alpha value is -5.00.